The van der Waals surface area contributed by atoms with E-state index >= 15 is 0 Å². The number of hydrazine groups is 1. The molecule has 0 unspecified atom stereocenters. The molecule has 0 bridgehead atoms. The fourth-order valence-electron chi connectivity index (χ4n) is 0.135. The fourth-order valence-corrected chi connectivity index (χ4v) is 0.135. The lowest BCUT2D eigenvalue weighted by Crippen LogP contribution is -2.42. The van der Waals surface area contributed by atoms with Crippen LogP contribution < -0.4 is 17.4 Å². The van der Waals surface area contributed by atoms with Gasteiger partial charge in [0.15, 0.2) is 5.34 Å². The van der Waals surface area contributed by atoms with E-state index in [0.717, 1.165) is 0 Å². The Kier molecular flexibility index (Phi) is 2.84. The number of hydrogen-bond donors (Lipinski definition) is 3. The van der Waals surface area contributed by atoms with E-state index in [0.29, 0.717) is 5.17 Å². The highest BCUT2D eigenvalue weighted by molar-refractivity contribution is 5.75. The summed E-state index contributed by atoms with van der Waals surface area (Å²) in [5.41, 5.74) is 4.90. The van der Waals surface area contributed by atoms with Crippen molar-refractivity contribution in [1.82, 2.24) is 5.17 Å². The maximum atomic E-state index is 9.29. The topological polar surface area (TPSA) is 132 Å². The number of nitrogens with two attached hydrogens (primary N) is 3. The molecule has 52 valence electrons. The van der Waals surface area contributed by atoms with Crippen LogP contribution in [0.25, 0.3) is 0 Å². The smallest absolute Gasteiger partial charge is 0.266 e. The van der Waals surface area contributed by atoms with Crippen LogP contribution in [0.2, 0.25) is 0 Å². The zero-order chi connectivity index (χ0) is 7.28. The van der Waals surface area contributed by atoms with Gasteiger partial charge >= 0.3 is 0 Å². The lowest BCUT2D eigenvalue weighted by atomic mass is 11.1. The molecular weight excluding hydrogens is 128 g/mol. The number of nitrogens with zero attached hydrogens (tertiary/aromatic N) is 3. The predicted octanol–water partition coefficient (Wildman–Crippen LogP) is -2.04. The van der Waals surface area contributed by atoms with Gasteiger partial charge in [-0.3, -0.25) is 0 Å². The first-order chi connectivity index (χ1) is 4.22. The average Bonchev–Trinajstić information content (AvgIpc) is 1.87. The van der Waals surface area contributed by atoms with Gasteiger partial charge in [-0.25, -0.2) is 10.8 Å². The number of hydrazone groups is 1. The first-order valence-corrected chi connectivity index (χ1v) is 1.80. The Hall–Kier alpha value is -1.57. The summed E-state index contributed by atoms with van der Waals surface area (Å²) in [7, 11) is 0. The van der Waals surface area contributed by atoms with Crippen molar-refractivity contribution in [2.24, 2.45) is 27.9 Å². The van der Waals surface area contributed by atoms with Crippen molar-refractivity contribution in [3.05, 3.63) is 4.91 Å². The number of hydrogen-bond acceptors (Lipinski definition) is 6. The zero-order valence-electron chi connectivity index (χ0n) is 4.39. The summed E-state index contributed by atoms with van der Waals surface area (Å²) < 4.78 is 0. The molecule has 0 aromatic rings. The highest BCUT2D eigenvalue weighted by Gasteiger charge is 2.00. The molecule has 0 aliphatic rings. The largest absolute Gasteiger partial charge is 0.365 e. The van der Waals surface area contributed by atoms with Gasteiger partial charge in [0.25, 0.3) is 5.96 Å². The van der Waals surface area contributed by atoms with Crippen molar-refractivity contribution < 1.29 is 4.94 Å². The standard InChI is InChI=1S/CH6N6O2/c2-1(5-3)7(4)9-6-8/h3-4H2,(H2,2,5). The van der Waals surface area contributed by atoms with Crippen molar-refractivity contribution in [3.63, 3.8) is 0 Å². The Morgan fingerprint density at radius 1 is 1.67 bits per heavy atom. The van der Waals surface area contributed by atoms with Gasteiger partial charge in [-0.1, -0.05) is 5.17 Å². The van der Waals surface area contributed by atoms with Crippen LogP contribution in [-0.4, -0.2) is 11.1 Å². The molecule has 9 heavy (non-hydrogen) atoms. The summed E-state index contributed by atoms with van der Waals surface area (Å²) in [6, 6.07) is 0. The fraction of sp³-hybridized carbons (Fsp3) is 0. The minimum atomic E-state index is -0.352. The molecule has 0 aromatic heterocycles. The Balaban J connectivity index is 3.72. The van der Waals surface area contributed by atoms with Gasteiger partial charge in [-0.15, -0.1) is 10.0 Å². The van der Waals surface area contributed by atoms with Crippen LogP contribution in [0.15, 0.2) is 10.4 Å². The minimum absolute atomic E-state index is 0.326. The first kappa shape index (κ1) is 7.43. The molecule has 0 atom stereocenters. The Bertz CT molecular complexity index is 120. The molecule has 0 fully saturated rings. The van der Waals surface area contributed by atoms with Gasteiger partial charge < -0.3 is 11.6 Å². The van der Waals surface area contributed by atoms with E-state index in [4.69, 9.17) is 11.6 Å². The third-order valence-corrected chi connectivity index (χ3v) is 0.479. The summed E-state index contributed by atoms with van der Waals surface area (Å²) >= 11 is 0. The number of hydroxylamine groups is 1. The van der Waals surface area contributed by atoms with Crippen LogP contribution in [-0.2, 0) is 4.94 Å². The lowest BCUT2D eigenvalue weighted by Gasteiger charge is -2.07. The predicted molar refractivity (Wildman–Crippen MR) is 28.7 cm³/mol. The number of guanidine groups is 1. The van der Waals surface area contributed by atoms with Crippen molar-refractivity contribution in [2.75, 3.05) is 0 Å². The van der Waals surface area contributed by atoms with E-state index < -0.39 is 0 Å². The molecule has 0 spiro atoms. The van der Waals surface area contributed by atoms with E-state index in [9.17, 15) is 4.91 Å². The molecule has 0 saturated heterocycles. The van der Waals surface area contributed by atoms with E-state index in [1.165, 1.54) is 0 Å². The van der Waals surface area contributed by atoms with Gasteiger partial charge in [-0.05, 0) is 0 Å². The molecule has 0 rings (SSSR count). The molecule has 0 aliphatic carbocycles. The normalized spacial score (nSPS) is 10.6. The SMILES string of the molecule is NN=C(N)N(N)ON=O. The Morgan fingerprint density at radius 2 is 2.22 bits per heavy atom. The molecule has 8 nitrogen and oxygen atoms in total. The van der Waals surface area contributed by atoms with E-state index in [1.807, 2.05) is 5.34 Å². The van der Waals surface area contributed by atoms with E-state index in [-0.39, 0.29) is 5.96 Å². The molecule has 0 aliphatic heterocycles. The summed E-state index contributed by atoms with van der Waals surface area (Å²) in [6.07, 6.45) is 0. The van der Waals surface area contributed by atoms with Crippen molar-refractivity contribution in [3.8, 4) is 0 Å². The minimum Gasteiger partial charge on any atom is -0.365 e. The molecule has 0 radical (unpaired) electrons. The van der Waals surface area contributed by atoms with Crippen LogP contribution in [0.1, 0.15) is 0 Å². The Morgan fingerprint density at radius 3 is 2.56 bits per heavy atom. The third kappa shape index (κ3) is 2.29. The first-order valence-electron chi connectivity index (χ1n) is 1.80. The molecule has 0 amide bonds. The second-order valence-electron chi connectivity index (χ2n) is 0.969. The van der Waals surface area contributed by atoms with Crippen LogP contribution in [0.4, 0.5) is 0 Å². The summed E-state index contributed by atoms with van der Waals surface area (Å²) in [5.74, 6) is 9.09. The highest BCUT2D eigenvalue weighted by atomic mass is 16.9. The third-order valence-electron chi connectivity index (χ3n) is 0.479. The second-order valence-corrected chi connectivity index (χ2v) is 0.969. The maximum Gasteiger partial charge on any atom is 0.266 e. The molecule has 0 aromatic carbocycles. The van der Waals surface area contributed by atoms with Gasteiger partial charge in [-0.2, -0.15) is 0 Å². The quantitative estimate of drug-likeness (QED) is 0.131. The van der Waals surface area contributed by atoms with Crippen LogP contribution in [0, 0.1) is 4.91 Å². The number of rotatable bonds is 2. The van der Waals surface area contributed by atoms with E-state index in [1.54, 1.807) is 0 Å². The zero-order valence-corrected chi connectivity index (χ0v) is 4.39. The summed E-state index contributed by atoms with van der Waals surface area (Å²) in [4.78, 5) is 13.0. The molecule has 0 saturated carbocycles. The average molecular weight is 134 g/mol. The van der Waals surface area contributed by atoms with E-state index in [2.05, 4.69) is 15.9 Å². The van der Waals surface area contributed by atoms with Gasteiger partial charge in [0.05, 0.1) is 0 Å². The van der Waals surface area contributed by atoms with Crippen LogP contribution >= 0.6 is 0 Å². The van der Waals surface area contributed by atoms with Crippen molar-refractivity contribution in [1.29, 1.82) is 0 Å². The summed E-state index contributed by atoms with van der Waals surface area (Å²) in [5, 5.41) is 5.14. The van der Waals surface area contributed by atoms with Gasteiger partial charge in [0.1, 0.15) is 0 Å². The highest BCUT2D eigenvalue weighted by Crippen LogP contribution is 1.77. The van der Waals surface area contributed by atoms with Crippen molar-refractivity contribution >= 4 is 5.96 Å². The van der Waals surface area contributed by atoms with Crippen LogP contribution in [0.5, 0.6) is 0 Å². The van der Waals surface area contributed by atoms with Gasteiger partial charge in [0.2, 0.25) is 0 Å². The molecular formula is CH6N6O2. The lowest BCUT2D eigenvalue weighted by molar-refractivity contribution is -0.104. The monoisotopic (exact) mass is 134 g/mol. The molecule has 8 heteroatoms. The molecule has 0 heterocycles. The van der Waals surface area contributed by atoms with Gasteiger partial charge in [0, 0.05) is 0 Å². The second kappa shape index (κ2) is 3.43. The van der Waals surface area contributed by atoms with Crippen molar-refractivity contribution in [2.45, 2.75) is 0 Å². The Labute approximate surface area is 50.1 Å². The molecule has 6 N–H and O–H groups in total. The summed E-state index contributed by atoms with van der Waals surface area (Å²) in [6.45, 7) is 0. The maximum absolute atomic E-state index is 9.29. The van der Waals surface area contributed by atoms with Crippen LogP contribution in [0.3, 0.4) is 0 Å².